The molecule has 2 atom stereocenters. The topological polar surface area (TPSA) is 0 Å². The zero-order valence-electron chi connectivity index (χ0n) is 17.5. The van der Waals surface area contributed by atoms with Crippen molar-refractivity contribution in [1.29, 1.82) is 0 Å². The average molecular weight is 479 g/mol. The molecule has 0 amide bonds. The number of fused-ring (bicyclic) bond motifs is 2. The summed E-state index contributed by atoms with van der Waals surface area (Å²) in [5, 5.41) is 1.83. The molecule has 0 bridgehead atoms. The molecule has 0 aliphatic heterocycles. The van der Waals surface area contributed by atoms with Crippen molar-refractivity contribution in [2.75, 3.05) is 12.3 Å². The van der Waals surface area contributed by atoms with Crippen LogP contribution in [0.1, 0.15) is 64.3 Å². The van der Waals surface area contributed by atoms with Gasteiger partial charge in [0.15, 0.2) is 0 Å². The summed E-state index contributed by atoms with van der Waals surface area (Å²) >= 11 is -0.188. The van der Waals surface area contributed by atoms with Gasteiger partial charge in [-0.2, -0.15) is 0 Å². The van der Waals surface area contributed by atoms with Gasteiger partial charge < -0.3 is 24.8 Å². The fraction of sp³-hybridized carbons (Fsp3) is 0.360. The molecule has 0 fully saturated rings. The molecule has 0 N–H and O–H groups in total. The van der Waals surface area contributed by atoms with E-state index in [0.29, 0.717) is 4.22 Å². The van der Waals surface area contributed by atoms with Crippen LogP contribution in [0.25, 0.3) is 12.2 Å². The molecule has 2 unspecified atom stereocenters. The third-order valence-electron chi connectivity index (χ3n) is 5.74. The summed E-state index contributed by atoms with van der Waals surface area (Å²) in [6, 6.07) is 18.3. The van der Waals surface area contributed by atoms with Crippen LogP contribution in [0.3, 0.4) is 0 Å². The normalized spacial score (nSPS) is 18.8. The van der Waals surface area contributed by atoms with Crippen molar-refractivity contribution < 1.29 is 44.0 Å². The van der Waals surface area contributed by atoms with Gasteiger partial charge in [0.25, 0.3) is 0 Å². The second kappa shape index (κ2) is 11.3. The van der Waals surface area contributed by atoms with E-state index in [4.69, 9.17) is 0 Å². The van der Waals surface area contributed by atoms with Gasteiger partial charge in [-0.05, 0) is 0 Å². The predicted octanol–water partition coefficient (Wildman–Crippen LogP) is 1.63. The average Bonchev–Trinajstić information content (AvgIpc) is 3.20. The molecule has 4 heteroatoms. The van der Waals surface area contributed by atoms with Crippen LogP contribution in [0, 0.1) is 0 Å². The van der Waals surface area contributed by atoms with Crippen LogP contribution >= 0.6 is 7.92 Å². The molecule has 29 heavy (non-hydrogen) atoms. The van der Waals surface area contributed by atoms with Gasteiger partial charge in [-0.15, -0.1) is 0 Å². The number of hydrogen-bond acceptors (Lipinski definition) is 0. The van der Waals surface area contributed by atoms with Gasteiger partial charge in [0, 0.05) is 0 Å². The Hall–Kier alpha value is -0.356. The van der Waals surface area contributed by atoms with E-state index in [-0.39, 0.29) is 51.9 Å². The molecule has 0 radical (unpaired) electrons. The van der Waals surface area contributed by atoms with Crippen molar-refractivity contribution in [3.63, 3.8) is 0 Å². The van der Waals surface area contributed by atoms with Crippen molar-refractivity contribution in [2.24, 2.45) is 0 Å². The second-order valence-corrected chi connectivity index (χ2v) is 12.5. The maximum absolute atomic E-state index is 2.60. The van der Waals surface area contributed by atoms with Crippen molar-refractivity contribution in [3.05, 3.63) is 81.7 Å². The smallest absolute Gasteiger partial charge is 1.00 e. The number of rotatable bonds is 7. The van der Waals surface area contributed by atoms with Crippen LogP contribution in [0.5, 0.6) is 0 Å². The van der Waals surface area contributed by atoms with E-state index in [2.05, 4.69) is 81.5 Å². The third-order valence-corrected chi connectivity index (χ3v) is 12.4. The summed E-state index contributed by atoms with van der Waals surface area (Å²) in [4.78, 5) is 0. The Labute approximate surface area is 199 Å². The van der Waals surface area contributed by atoms with Gasteiger partial charge in [0.05, 0.1) is 0 Å². The summed E-state index contributed by atoms with van der Waals surface area (Å²) in [5.41, 5.74) is 7.78. The molecule has 2 aliphatic rings. The summed E-state index contributed by atoms with van der Waals surface area (Å²) in [6.07, 6.45) is 10.5. The van der Waals surface area contributed by atoms with Crippen molar-refractivity contribution in [3.8, 4) is 0 Å². The Morgan fingerprint density at radius 1 is 0.759 bits per heavy atom. The Balaban J connectivity index is 0.00000150. The third kappa shape index (κ3) is 5.11. The first kappa shape index (κ1) is 24.9. The first-order valence-corrected chi connectivity index (χ1v) is 13.8. The maximum Gasteiger partial charge on any atom is -1.00 e. The minimum Gasteiger partial charge on any atom is -1.00 e. The van der Waals surface area contributed by atoms with E-state index in [1.807, 2.05) is 5.31 Å². The largest absolute Gasteiger partial charge is 1.00 e. The molecule has 0 spiro atoms. The van der Waals surface area contributed by atoms with Crippen molar-refractivity contribution >= 4 is 20.1 Å². The summed E-state index contributed by atoms with van der Waals surface area (Å²) in [6.45, 7) is 7.08. The number of hydrogen-bond donors (Lipinski definition) is 0. The molecule has 0 aromatic heterocycles. The summed E-state index contributed by atoms with van der Waals surface area (Å²) in [7, 11) is 0.0235. The maximum atomic E-state index is 2.60. The van der Waals surface area contributed by atoms with Crippen LogP contribution in [0.4, 0.5) is 0 Å². The second-order valence-electron chi connectivity index (χ2n) is 7.74. The van der Waals surface area contributed by atoms with Gasteiger partial charge in [-0.25, -0.2) is 0 Å². The van der Waals surface area contributed by atoms with E-state index in [9.17, 15) is 0 Å². The van der Waals surface area contributed by atoms with E-state index in [0.717, 1.165) is 4.22 Å². The minimum atomic E-state index is -0.188. The fourth-order valence-electron chi connectivity index (χ4n) is 4.53. The molecular formula is C25H29Cl2PTi. The van der Waals surface area contributed by atoms with Crippen molar-refractivity contribution in [1.82, 2.24) is 0 Å². The quantitative estimate of drug-likeness (QED) is 0.419. The predicted molar refractivity (Wildman–Crippen MR) is 117 cm³/mol. The molecule has 0 nitrogen and oxygen atoms in total. The zero-order chi connectivity index (χ0) is 18.8. The molecular weight excluding hydrogens is 450 g/mol. The van der Waals surface area contributed by atoms with Crippen LogP contribution in [-0.2, 0) is 19.2 Å². The summed E-state index contributed by atoms with van der Waals surface area (Å²) in [5.74, 6) is 0. The SMILES string of the molecule is CCCP(CCC)C1=Cc2ccccc2[CH]1[Ti+2][CH]1C(C)=Cc2ccccc21.[Cl-].[Cl-]. The first-order valence-electron chi connectivity index (χ1n) is 10.3. The standard InChI is InChI=1S/C15H20P.C10H9.2ClH.Ti/c1-3-9-16(10-4-2)15-11-13-7-5-6-8-14(13)12-15;1-8-6-9-4-2-3-5-10(9)7-8;;;/h5-8,11-12H,3-4,9-10H2,1-2H3;2-7H,1H3;2*1H;/q;;;;+2/p-2. The van der Waals surface area contributed by atoms with Gasteiger partial charge in [0.2, 0.25) is 0 Å². The van der Waals surface area contributed by atoms with Gasteiger partial charge >= 0.3 is 175 Å². The minimum absolute atomic E-state index is 0. The van der Waals surface area contributed by atoms with E-state index in [1.165, 1.54) is 36.3 Å². The monoisotopic (exact) mass is 478 g/mol. The molecule has 152 valence electrons. The van der Waals surface area contributed by atoms with Crippen LogP contribution in [-0.4, -0.2) is 12.3 Å². The van der Waals surface area contributed by atoms with Crippen molar-refractivity contribution in [2.45, 2.75) is 42.1 Å². The number of allylic oxidation sites excluding steroid dienone is 2. The van der Waals surface area contributed by atoms with E-state index < -0.39 is 0 Å². The van der Waals surface area contributed by atoms with Crippen LogP contribution in [0.2, 0.25) is 0 Å². The molecule has 2 aliphatic carbocycles. The van der Waals surface area contributed by atoms with Crippen LogP contribution in [0.15, 0.2) is 59.4 Å². The van der Waals surface area contributed by atoms with E-state index >= 15 is 0 Å². The van der Waals surface area contributed by atoms with Crippen LogP contribution < -0.4 is 24.8 Å². The molecule has 4 rings (SSSR count). The first-order chi connectivity index (χ1) is 13.2. The zero-order valence-corrected chi connectivity index (χ0v) is 21.4. The molecule has 0 heterocycles. The van der Waals surface area contributed by atoms with Gasteiger partial charge in [-0.1, -0.05) is 0 Å². The molecule has 2 aromatic carbocycles. The van der Waals surface area contributed by atoms with Gasteiger partial charge in [0.1, 0.15) is 0 Å². The fourth-order valence-corrected chi connectivity index (χ4v) is 11.2. The molecule has 0 saturated carbocycles. The van der Waals surface area contributed by atoms with Gasteiger partial charge in [-0.3, -0.25) is 0 Å². The Kier molecular flexibility index (Phi) is 9.72. The number of halogens is 2. The Bertz CT molecular complexity index is 884. The Morgan fingerprint density at radius 3 is 1.86 bits per heavy atom. The summed E-state index contributed by atoms with van der Waals surface area (Å²) < 4.78 is 1.42. The molecule has 2 aromatic rings. The number of benzene rings is 2. The van der Waals surface area contributed by atoms with E-state index in [1.54, 1.807) is 16.7 Å². The Morgan fingerprint density at radius 2 is 1.28 bits per heavy atom. The molecule has 0 saturated heterocycles.